The number of carbonyl (C=O) groups excluding carboxylic acids is 1. The van der Waals surface area contributed by atoms with Crippen molar-refractivity contribution in [1.82, 2.24) is 9.97 Å². The molecule has 2 aromatic heterocycles. The Morgan fingerprint density at radius 2 is 1.48 bits per heavy atom. The molecule has 2 N–H and O–H groups in total. The monoisotopic (exact) mass is 352 g/mol. The molecule has 0 fully saturated rings. The molecule has 0 bridgehead atoms. The second kappa shape index (κ2) is 7.16. The summed E-state index contributed by atoms with van der Waals surface area (Å²) in [6, 6.07) is 26.1. The van der Waals surface area contributed by atoms with Gasteiger partial charge in [-0.3, -0.25) is 4.79 Å². The van der Waals surface area contributed by atoms with E-state index in [2.05, 4.69) is 34.2 Å². The molecule has 27 heavy (non-hydrogen) atoms. The maximum atomic E-state index is 12.8. The molecule has 1 unspecified atom stereocenters. The van der Waals surface area contributed by atoms with Gasteiger partial charge in [0, 0.05) is 17.0 Å². The van der Waals surface area contributed by atoms with E-state index in [9.17, 15) is 4.79 Å². The summed E-state index contributed by atoms with van der Waals surface area (Å²) in [6.07, 6.45) is 0. The maximum Gasteiger partial charge on any atom is 0.209 e. The van der Waals surface area contributed by atoms with E-state index in [0.717, 1.165) is 22.5 Å². The number of aryl methyl sites for hydroxylation is 1. The molecule has 0 saturated heterocycles. The highest BCUT2D eigenvalue weighted by Crippen LogP contribution is 2.30. The third kappa shape index (κ3) is 3.51. The summed E-state index contributed by atoms with van der Waals surface area (Å²) in [5.74, 6) is 0.0372. The van der Waals surface area contributed by atoms with Crippen molar-refractivity contribution in [3.8, 4) is 0 Å². The minimum Gasteiger partial charge on any atom is -0.371 e. The van der Waals surface area contributed by atoms with Crippen LogP contribution in [0.5, 0.6) is 0 Å². The Labute approximate surface area is 159 Å². The van der Waals surface area contributed by atoms with E-state index in [0.29, 0.717) is 11.3 Å². The molecule has 1 atom stereocenters. The Balaban J connectivity index is 1.72. The number of carbonyl (C=O) groups is 1. The van der Waals surface area contributed by atoms with Crippen molar-refractivity contribution in [1.29, 1.82) is 0 Å². The average molecular weight is 352 g/mol. The van der Waals surface area contributed by atoms with Gasteiger partial charge in [0.15, 0.2) is 7.85 Å². The topological polar surface area (TPSA) is 48.6 Å². The van der Waals surface area contributed by atoms with Gasteiger partial charge in [0.2, 0.25) is 5.78 Å². The van der Waals surface area contributed by atoms with Crippen LogP contribution in [-0.4, -0.2) is 23.6 Å². The van der Waals surface area contributed by atoms with Crippen LogP contribution in [0, 0.1) is 6.92 Å². The third-order valence-corrected chi connectivity index (χ3v) is 4.88. The molecule has 0 aliphatic heterocycles. The predicted octanol–water partition coefficient (Wildman–Crippen LogP) is 3.32. The minimum absolute atomic E-state index is 0.00993. The van der Waals surface area contributed by atoms with Gasteiger partial charge < -0.3 is 9.97 Å². The van der Waals surface area contributed by atoms with Crippen LogP contribution in [0.2, 0.25) is 0 Å². The first-order valence-corrected chi connectivity index (χ1v) is 9.12. The van der Waals surface area contributed by atoms with Crippen LogP contribution in [0.3, 0.4) is 0 Å². The van der Waals surface area contributed by atoms with E-state index in [1.54, 1.807) is 0 Å². The lowest BCUT2D eigenvalue weighted by atomic mass is 9.93. The number of aromatic amines is 2. The molecule has 0 saturated carbocycles. The van der Waals surface area contributed by atoms with E-state index in [4.69, 9.17) is 0 Å². The third-order valence-electron chi connectivity index (χ3n) is 4.88. The second-order valence-corrected chi connectivity index (χ2v) is 6.96. The van der Waals surface area contributed by atoms with Crippen molar-refractivity contribution < 1.29 is 4.79 Å². The molecule has 4 aromatic rings. The van der Waals surface area contributed by atoms with Gasteiger partial charge in [-0.1, -0.05) is 66.2 Å². The molecule has 0 spiro atoms. The smallest absolute Gasteiger partial charge is 0.209 e. The molecule has 0 aliphatic rings. The number of hydrogen-bond acceptors (Lipinski definition) is 1. The van der Waals surface area contributed by atoms with Crippen molar-refractivity contribution in [2.45, 2.75) is 12.8 Å². The Hall–Kier alpha value is -3.27. The number of nitrogens with one attached hydrogen (secondary N) is 2. The number of ketones is 1. The lowest BCUT2D eigenvalue weighted by Gasteiger charge is -2.15. The Morgan fingerprint density at radius 3 is 2.15 bits per heavy atom. The van der Waals surface area contributed by atoms with Crippen LogP contribution in [-0.2, 0) is 0 Å². The minimum atomic E-state index is 0.00993. The van der Waals surface area contributed by atoms with E-state index in [1.165, 1.54) is 5.56 Å². The molecule has 4 heteroatoms. The highest BCUT2D eigenvalue weighted by atomic mass is 16.1. The van der Waals surface area contributed by atoms with Crippen LogP contribution >= 0.6 is 0 Å². The van der Waals surface area contributed by atoms with Crippen LogP contribution in [0.25, 0.3) is 0 Å². The number of hydrogen-bond donors (Lipinski definition) is 2. The standard InChI is InChI=1S/C23H21BN2O/c1-15-7-9-17(10-8-15)23(27)20-12-11-18(25-20)22(16-5-3-2-4-6-16)19-13-14-21(24)26-19/h2-14,22,25-26H,24H2,1H3. The molecule has 132 valence electrons. The average Bonchev–Trinajstić information content (AvgIpc) is 3.33. The molecular formula is C23H21BN2O. The Bertz CT molecular complexity index is 1060. The fourth-order valence-corrected chi connectivity index (χ4v) is 3.44. The number of benzene rings is 2. The number of rotatable bonds is 5. The van der Waals surface area contributed by atoms with Gasteiger partial charge >= 0.3 is 0 Å². The molecule has 0 aliphatic carbocycles. The molecule has 0 radical (unpaired) electrons. The lowest BCUT2D eigenvalue weighted by molar-refractivity contribution is 0.103. The van der Waals surface area contributed by atoms with Crippen molar-refractivity contribution in [2.24, 2.45) is 0 Å². The molecule has 2 heterocycles. The van der Waals surface area contributed by atoms with E-state index >= 15 is 0 Å². The lowest BCUT2D eigenvalue weighted by Crippen LogP contribution is -2.09. The van der Waals surface area contributed by atoms with Gasteiger partial charge in [-0.05, 0) is 36.3 Å². The summed E-state index contributed by atoms with van der Waals surface area (Å²) < 4.78 is 0. The first kappa shape index (κ1) is 17.2. The van der Waals surface area contributed by atoms with Crippen LogP contribution in [0.1, 0.15) is 44.5 Å². The van der Waals surface area contributed by atoms with Crippen molar-refractivity contribution in [2.75, 3.05) is 0 Å². The fraction of sp³-hybridized carbons (Fsp3) is 0.0870. The van der Waals surface area contributed by atoms with Gasteiger partial charge in [-0.2, -0.15) is 0 Å². The zero-order valence-electron chi connectivity index (χ0n) is 15.5. The summed E-state index contributed by atoms with van der Waals surface area (Å²) in [4.78, 5) is 19.6. The second-order valence-electron chi connectivity index (χ2n) is 6.96. The summed E-state index contributed by atoms with van der Waals surface area (Å²) in [5, 5.41) is 0. The van der Waals surface area contributed by atoms with E-state index < -0.39 is 0 Å². The quantitative estimate of drug-likeness (QED) is 0.420. The van der Waals surface area contributed by atoms with Gasteiger partial charge in [0.1, 0.15) is 0 Å². The van der Waals surface area contributed by atoms with Crippen LogP contribution in [0.4, 0.5) is 0 Å². The summed E-state index contributed by atoms with van der Waals surface area (Å²) in [5.41, 5.74) is 6.85. The summed E-state index contributed by atoms with van der Waals surface area (Å²) >= 11 is 0. The highest BCUT2D eigenvalue weighted by molar-refractivity contribution is 6.30. The van der Waals surface area contributed by atoms with Gasteiger partial charge in [-0.15, -0.1) is 0 Å². The Morgan fingerprint density at radius 1 is 0.815 bits per heavy atom. The van der Waals surface area contributed by atoms with Crippen molar-refractivity contribution >= 4 is 19.2 Å². The van der Waals surface area contributed by atoms with Crippen molar-refractivity contribution in [3.05, 3.63) is 113 Å². The van der Waals surface area contributed by atoms with Crippen LogP contribution < -0.4 is 5.59 Å². The van der Waals surface area contributed by atoms with E-state index in [-0.39, 0.29) is 11.7 Å². The van der Waals surface area contributed by atoms with Gasteiger partial charge in [0.05, 0.1) is 11.6 Å². The van der Waals surface area contributed by atoms with Gasteiger partial charge in [-0.25, -0.2) is 0 Å². The number of H-pyrrole nitrogens is 2. The zero-order valence-corrected chi connectivity index (χ0v) is 15.5. The molecule has 0 amide bonds. The molecule has 2 aromatic carbocycles. The Kier molecular flexibility index (Phi) is 4.55. The van der Waals surface area contributed by atoms with Crippen molar-refractivity contribution in [3.63, 3.8) is 0 Å². The summed E-state index contributed by atoms with van der Waals surface area (Å²) in [7, 11) is 2.05. The number of aromatic nitrogens is 2. The van der Waals surface area contributed by atoms with E-state index in [1.807, 2.05) is 69.4 Å². The van der Waals surface area contributed by atoms with Crippen LogP contribution in [0.15, 0.2) is 78.9 Å². The highest BCUT2D eigenvalue weighted by Gasteiger charge is 2.21. The molecule has 4 rings (SSSR count). The fourth-order valence-electron chi connectivity index (χ4n) is 3.44. The first-order chi connectivity index (χ1) is 13.1. The molecular weight excluding hydrogens is 331 g/mol. The molecule has 3 nitrogen and oxygen atoms in total. The zero-order chi connectivity index (χ0) is 18.8. The predicted molar refractivity (Wildman–Crippen MR) is 112 cm³/mol. The normalized spacial score (nSPS) is 12.0. The largest absolute Gasteiger partial charge is 0.371 e. The first-order valence-electron chi connectivity index (χ1n) is 9.12. The maximum absolute atomic E-state index is 12.8. The SMILES string of the molecule is Bc1ccc(C(c2ccccc2)c2ccc(C(=O)c3ccc(C)cc3)[nH]2)[nH]1. The summed E-state index contributed by atoms with van der Waals surface area (Å²) in [6.45, 7) is 2.02. The van der Waals surface area contributed by atoms with Gasteiger partial charge in [0.25, 0.3) is 0 Å².